The number of carboxylic acids is 1. The fraction of sp³-hybridized carbons (Fsp3) is 0.125. The third-order valence-corrected chi connectivity index (χ3v) is 1.95. The highest BCUT2D eigenvalue weighted by Gasteiger charge is 2.21. The zero-order valence-corrected chi connectivity index (χ0v) is 8.32. The van der Waals surface area contributed by atoms with E-state index in [0.29, 0.717) is 0 Å². The molecule has 0 radical (unpaired) electrons. The summed E-state index contributed by atoms with van der Waals surface area (Å²) in [6, 6.07) is 1.99. The fourth-order valence-corrected chi connectivity index (χ4v) is 1.33. The first-order valence-corrected chi connectivity index (χ1v) is 4.10. The minimum Gasteiger partial charge on any atom is -0.489 e. The van der Waals surface area contributed by atoms with Crippen molar-refractivity contribution in [2.75, 3.05) is 7.11 Å². The maximum Gasteiger partial charge on any atom is 0.335 e. The van der Waals surface area contributed by atoms with Gasteiger partial charge in [-0.3, -0.25) is 10.1 Å². The van der Waals surface area contributed by atoms with Crippen LogP contribution in [-0.4, -0.2) is 23.1 Å². The van der Waals surface area contributed by atoms with Crippen LogP contribution in [-0.2, 0) is 0 Å². The number of benzene rings is 1. The van der Waals surface area contributed by atoms with Gasteiger partial charge in [-0.25, -0.2) is 4.79 Å². The Labute approximate surface area is 89.2 Å². The second kappa shape index (κ2) is 4.14. The molecule has 0 atom stereocenters. The quantitative estimate of drug-likeness (QED) is 0.634. The molecule has 0 unspecified atom stereocenters. The van der Waals surface area contributed by atoms with Crippen molar-refractivity contribution in [3.63, 3.8) is 0 Å². The first-order valence-electron chi connectivity index (χ1n) is 3.72. The molecule has 1 rings (SSSR count). The van der Waals surface area contributed by atoms with E-state index in [1.54, 1.807) is 0 Å². The number of rotatable bonds is 3. The largest absolute Gasteiger partial charge is 0.489 e. The summed E-state index contributed by atoms with van der Waals surface area (Å²) < 4.78 is 4.71. The van der Waals surface area contributed by atoms with E-state index in [1.165, 1.54) is 7.11 Å². The number of nitro groups is 1. The summed E-state index contributed by atoms with van der Waals surface area (Å²) in [5.41, 5.74) is -0.727. The van der Waals surface area contributed by atoms with E-state index in [1.807, 2.05) is 0 Å². The van der Waals surface area contributed by atoms with Crippen LogP contribution in [0, 0.1) is 10.1 Å². The van der Waals surface area contributed by atoms with Crippen LogP contribution in [0.1, 0.15) is 10.4 Å². The first-order chi connectivity index (χ1) is 6.97. The van der Waals surface area contributed by atoms with Crippen LogP contribution in [0.15, 0.2) is 12.1 Å². The summed E-state index contributed by atoms with van der Waals surface area (Å²) in [6.45, 7) is 0. The van der Waals surface area contributed by atoms with E-state index in [-0.39, 0.29) is 16.3 Å². The second-order valence-electron chi connectivity index (χ2n) is 2.57. The zero-order chi connectivity index (χ0) is 11.6. The smallest absolute Gasteiger partial charge is 0.335 e. The van der Waals surface area contributed by atoms with Gasteiger partial charge in [-0.15, -0.1) is 0 Å². The molecule has 0 bridgehead atoms. The number of nitrogens with zero attached hydrogens (tertiary/aromatic N) is 1. The number of ether oxygens (including phenoxy) is 1. The molecule has 7 heteroatoms. The molecular weight excluding hydrogens is 226 g/mol. The van der Waals surface area contributed by atoms with Gasteiger partial charge >= 0.3 is 11.7 Å². The third kappa shape index (κ3) is 2.16. The van der Waals surface area contributed by atoms with Crippen molar-refractivity contribution >= 4 is 23.3 Å². The highest BCUT2D eigenvalue weighted by atomic mass is 35.5. The van der Waals surface area contributed by atoms with Crippen molar-refractivity contribution < 1.29 is 19.6 Å². The van der Waals surface area contributed by atoms with E-state index < -0.39 is 16.6 Å². The molecule has 0 saturated heterocycles. The highest BCUT2D eigenvalue weighted by molar-refractivity contribution is 6.32. The highest BCUT2D eigenvalue weighted by Crippen LogP contribution is 2.35. The monoisotopic (exact) mass is 231 g/mol. The number of aromatic carboxylic acids is 1. The van der Waals surface area contributed by atoms with Crippen LogP contribution in [0.4, 0.5) is 5.69 Å². The lowest BCUT2D eigenvalue weighted by molar-refractivity contribution is -0.385. The van der Waals surface area contributed by atoms with E-state index in [0.717, 1.165) is 12.1 Å². The molecule has 0 aliphatic rings. The number of nitro benzene ring substituents is 1. The standard InChI is InChI=1S/C8H6ClNO5/c1-15-7-5(9)2-4(8(11)12)3-6(7)10(13)14/h2-3H,1H3,(H,11,12). The van der Waals surface area contributed by atoms with Crippen molar-refractivity contribution in [3.05, 3.63) is 32.8 Å². The zero-order valence-electron chi connectivity index (χ0n) is 7.56. The Bertz CT molecular complexity index is 431. The molecule has 1 aromatic rings. The van der Waals surface area contributed by atoms with Gasteiger partial charge in [0, 0.05) is 6.07 Å². The predicted octanol–water partition coefficient (Wildman–Crippen LogP) is 1.95. The normalized spacial score (nSPS) is 9.73. The van der Waals surface area contributed by atoms with Crippen LogP contribution in [0.3, 0.4) is 0 Å². The van der Waals surface area contributed by atoms with Gasteiger partial charge in [-0.05, 0) is 6.07 Å². The topological polar surface area (TPSA) is 89.7 Å². The maximum absolute atomic E-state index is 10.6. The van der Waals surface area contributed by atoms with Gasteiger partial charge in [0.05, 0.1) is 22.6 Å². The lowest BCUT2D eigenvalue weighted by Crippen LogP contribution is -2.01. The fourth-order valence-electron chi connectivity index (χ4n) is 1.04. The average Bonchev–Trinajstić information content (AvgIpc) is 2.16. The molecule has 15 heavy (non-hydrogen) atoms. The summed E-state index contributed by atoms with van der Waals surface area (Å²) in [4.78, 5) is 20.4. The Kier molecular flexibility index (Phi) is 3.11. The van der Waals surface area contributed by atoms with Crippen LogP contribution in [0.2, 0.25) is 5.02 Å². The number of hydrogen-bond donors (Lipinski definition) is 1. The van der Waals surface area contributed by atoms with Crippen LogP contribution >= 0.6 is 11.6 Å². The third-order valence-electron chi connectivity index (χ3n) is 1.67. The van der Waals surface area contributed by atoms with Gasteiger partial charge in [0.15, 0.2) is 0 Å². The molecule has 6 nitrogen and oxygen atoms in total. The molecule has 1 N–H and O–H groups in total. The van der Waals surface area contributed by atoms with Crippen molar-refractivity contribution in [3.8, 4) is 5.75 Å². The van der Waals surface area contributed by atoms with E-state index in [4.69, 9.17) is 21.4 Å². The van der Waals surface area contributed by atoms with Gasteiger partial charge in [-0.1, -0.05) is 11.6 Å². The average molecular weight is 232 g/mol. The van der Waals surface area contributed by atoms with Gasteiger partial charge in [0.25, 0.3) is 0 Å². The van der Waals surface area contributed by atoms with E-state index in [9.17, 15) is 14.9 Å². The summed E-state index contributed by atoms with van der Waals surface area (Å²) in [7, 11) is 1.22. The molecule has 0 aromatic heterocycles. The summed E-state index contributed by atoms with van der Waals surface area (Å²) in [5.74, 6) is -1.44. The molecule has 0 amide bonds. The van der Waals surface area contributed by atoms with Gasteiger partial charge in [0.1, 0.15) is 0 Å². The van der Waals surface area contributed by atoms with Crippen LogP contribution in [0.5, 0.6) is 5.75 Å². The molecular formula is C8H6ClNO5. The molecule has 0 fully saturated rings. The van der Waals surface area contributed by atoms with Gasteiger partial charge in [-0.2, -0.15) is 0 Å². The predicted molar refractivity (Wildman–Crippen MR) is 51.6 cm³/mol. The Balaban J connectivity index is 3.45. The number of halogens is 1. The molecule has 0 saturated carbocycles. The number of carbonyl (C=O) groups is 1. The van der Waals surface area contributed by atoms with Crippen LogP contribution in [0.25, 0.3) is 0 Å². The number of hydrogen-bond acceptors (Lipinski definition) is 4. The molecule has 0 heterocycles. The minimum atomic E-state index is -1.29. The molecule has 0 aliphatic heterocycles. The minimum absolute atomic E-state index is 0.107. The van der Waals surface area contributed by atoms with E-state index >= 15 is 0 Å². The number of carboxylic acid groups (broad SMARTS) is 1. The second-order valence-corrected chi connectivity index (χ2v) is 2.98. The van der Waals surface area contributed by atoms with Crippen molar-refractivity contribution in [1.82, 2.24) is 0 Å². The summed E-state index contributed by atoms with van der Waals surface area (Å²) >= 11 is 5.63. The van der Waals surface area contributed by atoms with Gasteiger partial charge < -0.3 is 9.84 Å². The SMILES string of the molecule is COc1c(Cl)cc(C(=O)O)cc1[N+](=O)[O-]. The summed E-state index contributed by atoms with van der Waals surface area (Å²) in [6.07, 6.45) is 0. The molecule has 80 valence electrons. The van der Waals surface area contributed by atoms with Crippen molar-refractivity contribution in [2.45, 2.75) is 0 Å². The Morgan fingerprint density at radius 1 is 1.60 bits per heavy atom. The Morgan fingerprint density at radius 2 is 2.20 bits per heavy atom. The van der Waals surface area contributed by atoms with Gasteiger partial charge in [0.2, 0.25) is 5.75 Å². The first kappa shape index (κ1) is 11.3. The molecule has 0 aliphatic carbocycles. The maximum atomic E-state index is 10.6. The Hall–Kier alpha value is -1.82. The summed E-state index contributed by atoms with van der Waals surface area (Å²) in [5, 5.41) is 19.1. The lowest BCUT2D eigenvalue weighted by Gasteiger charge is -2.04. The van der Waals surface area contributed by atoms with Crippen molar-refractivity contribution in [1.29, 1.82) is 0 Å². The Morgan fingerprint density at radius 3 is 2.60 bits per heavy atom. The van der Waals surface area contributed by atoms with Crippen LogP contribution < -0.4 is 4.74 Å². The molecule has 0 spiro atoms. The lowest BCUT2D eigenvalue weighted by atomic mass is 10.2. The number of methoxy groups -OCH3 is 1. The molecule has 1 aromatic carbocycles. The van der Waals surface area contributed by atoms with E-state index in [2.05, 4.69) is 0 Å². The van der Waals surface area contributed by atoms with Crippen molar-refractivity contribution in [2.24, 2.45) is 0 Å².